The van der Waals surface area contributed by atoms with Crippen molar-refractivity contribution in [2.45, 2.75) is 19.8 Å². The summed E-state index contributed by atoms with van der Waals surface area (Å²) in [6.07, 6.45) is 2.47. The summed E-state index contributed by atoms with van der Waals surface area (Å²) in [5.74, 6) is 0. The van der Waals surface area contributed by atoms with Gasteiger partial charge in [-0.05, 0) is 30.7 Å². The molecule has 0 radical (unpaired) electrons. The number of nitrogens with one attached hydrogen (secondary N) is 1. The molecule has 2 aromatic rings. The van der Waals surface area contributed by atoms with E-state index in [1.807, 2.05) is 6.07 Å². The van der Waals surface area contributed by atoms with E-state index in [9.17, 15) is 0 Å². The highest BCUT2D eigenvalue weighted by molar-refractivity contribution is 5.47. The second-order valence-electron chi connectivity index (χ2n) is 4.97. The summed E-state index contributed by atoms with van der Waals surface area (Å²) < 4.78 is 0. The zero-order chi connectivity index (χ0) is 14.0. The van der Waals surface area contributed by atoms with Crippen LogP contribution in [0.1, 0.15) is 19.8 Å². The predicted octanol–water partition coefficient (Wildman–Crippen LogP) is 4.41. The Balaban J connectivity index is 1.88. The fraction of sp³-hybridized carbons (Fsp3) is 0.333. The molecular weight excluding hydrogens is 244 g/mol. The van der Waals surface area contributed by atoms with Crippen molar-refractivity contribution in [3.05, 3.63) is 60.7 Å². The summed E-state index contributed by atoms with van der Waals surface area (Å²) in [6.45, 7) is 5.35. The first kappa shape index (κ1) is 14.4. The molecule has 0 saturated carbocycles. The molecule has 0 saturated heterocycles. The maximum Gasteiger partial charge on any atom is 0.0366 e. The number of benzene rings is 2. The summed E-state index contributed by atoms with van der Waals surface area (Å²) in [5.41, 5.74) is 2.51. The van der Waals surface area contributed by atoms with E-state index in [1.54, 1.807) is 0 Å². The molecule has 0 aliphatic rings. The molecule has 20 heavy (non-hydrogen) atoms. The third-order valence-corrected chi connectivity index (χ3v) is 3.39. The van der Waals surface area contributed by atoms with E-state index in [0.29, 0.717) is 0 Å². The molecule has 2 aromatic carbocycles. The lowest BCUT2D eigenvalue weighted by atomic mass is 10.2. The Morgan fingerprint density at radius 2 is 1.50 bits per heavy atom. The van der Waals surface area contributed by atoms with Crippen LogP contribution >= 0.6 is 0 Å². The summed E-state index contributed by atoms with van der Waals surface area (Å²) >= 11 is 0. The van der Waals surface area contributed by atoms with Crippen molar-refractivity contribution in [1.29, 1.82) is 0 Å². The first-order chi connectivity index (χ1) is 9.90. The SMILES string of the molecule is CCCCN(CCNc1ccccc1)c1ccccc1. The molecule has 0 bridgehead atoms. The van der Waals surface area contributed by atoms with Gasteiger partial charge in [-0.1, -0.05) is 49.7 Å². The lowest BCUT2D eigenvalue weighted by Crippen LogP contribution is -2.30. The van der Waals surface area contributed by atoms with Gasteiger partial charge in [0.25, 0.3) is 0 Å². The molecule has 0 aromatic heterocycles. The third kappa shape index (κ3) is 4.61. The van der Waals surface area contributed by atoms with Crippen LogP contribution < -0.4 is 10.2 Å². The van der Waals surface area contributed by atoms with Gasteiger partial charge < -0.3 is 10.2 Å². The summed E-state index contributed by atoms with van der Waals surface area (Å²) in [7, 11) is 0. The van der Waals surface area contributed by atoms with Gasteiger partial charge in [0.05, 0.1) is 0 Å². The van der Waals surface area contributed by atoms with Crippen LogP contribution in [0.25, 0.3) is 0 Å². The molecule has 0 unspecified atom stereocenters. The minimum absolute atomic E-state index is 0.961. The van der Waals surface area contributed by atoms with Crippen molar-refractivity contribution in [3.8, 4) is 0 Å². The maximum absolute atomic E-state index is 3.48. The molecule has 0 atom stereocenters. The van der Waals surface area contributed by atoms with Crippen molar-refractivity contribution >= 4 is 11.4 Å². The second kappa shape index (κ2) is 8.26. The van der Waals surface area contributed by atoms with E-state index in [-0.39, 0.29) is 0 Å². The minimum Gasteiger partial charge on any atom is -0.383 e. The van der Waals surface area contributed by atoms with Crippen molar-refractivity contribution in [3.63, 3.8) is 0 Å². The third-order valence-electron chi connectivity index (χ3n) is 3.39. The van der Waals surface area contributed by atoms with Gasteiger partial charge in [-0.3, -0.25) is 0 Å². The Hall–Kier alpha value is -1.96. The zero-order valence-corrected chi connectivity index (χ0v) is 12.3. The average Bonchev–Trinajstić information content (AvgIpc) is 2.52. The number of hydrogen-bond acceptors (Lipinski definition) is 2. The quantitative estimate of drug-likeness (QED) is 0.763. The summed E-state index contributed by atoms with van der Waals surface area (Å²) in [6, 6.07) is 21.1. The average molecular weight is 268 g/mol. The van der Waals surface area contributed by atoms with Gasteiger partial charge in [-0.25, -0.2) is 0 Å². The molecule has 0 fully saturated rings. The molecule has 0 heterocycles. The summed E-state index contributed by atoms with van der Waals surface area (Å²) in [5, 5.41) is 3.48. The zero-order valence-electron chi connectivity index (χ0n) is 12.3. The molecule has 0 aliphatic heterocycles. The number of nitrogens with zero attached hydrogens (tertiary/aromatic N) is 1. The number of para-hydroxylation sites is 2. The largest absolute Gasteiger partial charge is 0.383 e. The predicted molar refractivity (Wildman–Crippen MR) is 88.5 cm³/mol. The molecule has 2 heteroatoms. The van der Waals surface area contributed by atoms with Crippen molar-refractivity contribution in [1.82, 2.24) is 0 Å². The first-order valence-corrected chi connectivity index (χ1v) is 7.49. The molecule has 106 valence electrons. The van der Waals surface area contributed by atoms with Gasteiger partial charge in [0.1, 0.15) is 0 Å². The lowest BCUT2D eigenvalue weighted by molar-refractivity contribution is 0.722. The van der Waals surface area contributed by atoms with Gasteiger partial charge in [0.2, 0.25) is 0 Å². The van der Waals surface area contributed by atoms with Crippen LogP contribution in [-0.4, -0.2) is 19.6 Å². The van der Waals surface area contributed by atoms with Gasteiger partial charge in [-0.2, -0.15) is 0 Å². The Bertz CT molecular complexity index is 467. The first-order valence-electron chi connectivity index (χ1n) is 7.49. The topological polar surface area (TPSA) is 15.3 Å². The molecule has 2 nitrogen and oxygen atoms in total. The van der Waals surface area contributed by atoms with Gasteiger partial charge >= 0.3 is 0 Å². The van der Waals surface area contributed by atoms with Crippen LogP contribution in [0.2, 0.25) is 0 Å². The minimum atomic E-state index is 0.961. The molecule has 0 aliphatic carbocycles. The molecule has 2 rings (SSSR count). The number of unbranched alkanes of at least 4 members (excludes halogenated alkanes) is 1. The summed E-state index contributed by atoms with van der Waals surface area (Å²) in [4.78, 5) is 2.46. The Morgan fingerprint density at radius 1 is 0.850 bits per heavy atom. The molecule has 0 amide bonds. The van der Waals surface area contributed by atoms with E-state index in [4.69, 9.17) is 0 Å². The van der Waals surface area contributed by atoms with Crippen LogP contribution in [-0.2, 0) is 0 Å². The van der Waals surface area contributed by atoms with Crippen LogP contribution in [0.4, 0.5) is 11.4 Å². The van der Waals surface area contributed by atoms with E-state index in [0.717, 1.165) is 19.6 Å². The number of hydrogen-bond donors (Lipinski definition) is 1. The highest BCUT2D eigenvalue weighted by Gasteiger charge is 2.04. The Kier molecular flexibility index (Phi) is 5.97. The van der Waals surface area contributed by atoms with Crippen LogP contribution in [0, 0.1) is 0 Å². The Morgan fingerprint density at radius 3 is 2.15 bits per heavy atom. The van der Waals surface area contributed by atoms with Gasteiger partial charge in [-0.15, -0.1) is 0 Å². The van der Waals surface area contributed by atoms with E-state index in [1.165, 1.54) is 24.2 Å². The van der Waals surface area contributed by atoms with E-state index in [2.05, 4.69) is 71.7 Å². The maximum atomic E-state index is 3.48. The monoisotopic (exact) mass is 268 g/mol. The van der Waals surface area contributed by atoms with Crippen LogP contribution in [0.3, 0.4) is 0 Å². The fourth-order valence-corrected chi connectivity index (χ4v) is 2.25. The van der Waals surface area contributed by atoms with E-state index < -0.39 is 0 Å². The van der Waals surface area contributed by atoms with Crippen molar-refractivity contribution < 1.29 is 0 Å². The van der Waals surface area contributed by atoms with E-state index >= 15 is 0 Å². The van der Waals surface area contributed by atoms with Crippen LogP contribution in [0.5, 0.6) is 0 Å². The van der Waals surface area contributed by atoms with Gasteiger partial charge in [0.15, 0.2) is 0 Å². The van der Waals surface area contributed by atoms with Gasteiger partial charge in [0, 0.05) is 31.0 Å². The van der Waals surface area contributed by atoms with Crippen molar-refractivity contribution in [2.75, 3.05) is 29.9 Å². The number of anilines is 2. The highest BCUT2D eigenvalue weighted by atomic mass is 15.1. The number of rotatable bonds is 8. The van der Waals surface area contributed by atoms with Crippen molar-refractivity contribution in [2.24, 2.45) is 0 Å². The molecule has 0 spiro atoms. The Labute approximate surface area is 122 Å². The fourth-order valence-electron chi connectivity index (χ4n) is 2.25. The molecular formula is C18H24N2. The standard InChI is InChI=1S/C18H24N2/c1-2-3-15-20(18-12-8-5-9-13-18)16-14-19-17-10-6-4-7-11-17/h4-13,19H,2-3,14-16H2,1H3. The normalized spacial score (nSPS) is 10.2. The highest BCUT2D eigenvalue weighted by Crippen LogP contribution is 2.14. The van der Waals surface area contributed by atoms with Crippen LogP contribution in [0.15, 0.2) is 60.7 Å². The second-order valence-corrected chi connectivity index (χ2v) is 4.97. The lowest BCUT2D eigenvalue weighted by Gasteiger charge is -2.25. The molecule has 1 N–H and O–H groups in total. The smallest absolute Gasteiger partial charge is 0.0366 e.